The molecule has 0 N–H and O–H groups in total. The molecule has 0 saturated heterocycles. The SMILES string of the molecule is Clc1ccc(C=C2CC[CH]CC2)c(Cl)c1. The van der Waals surface area contributed by atoms with Crippen molar-refractivity contribution < 1.29 is 0 Å². The van der Waals surface area contributed by atoms with Gasteiger partial charge in [0.2, 0.25) is 0 Å². The molecule has 0 nitrogen and oxygen atoms in total. The molecule has 0 aromatic heterocycles. The summed E-state index contributed by atoms with van der Waals surface area (Å²) in [5.74, 6) is 0. The highest BCUT2D eigenvalue weighted by atomic mass is 35.5. The largest absolute Gasteiger partial charge is 0.0843 e. The standard InChI is InChI=1S/C13H13Cl2/c14-12-7-6-11(13(15)9-12)8-10-4-2-1-3-5-10/h1,6-9H,2-5H2. The van der Waals surface area contributed by atoms with E-state index in [0.29, 0.717) is 5.02 Å². The van der Waals surface area contributed by atoms with Gasteiger partial charge in [0.1, 0.15) is 0 Å². The third-order valence-electron chi connectivity index (χ3n) is 2.66. The molecule has 1 aliphatic carbocycles. The Morgan fingerprint density at radius 2 is 1.80 bits per heavy atom. The monoisotopic (exact) mass is 239 g/mol. The average molecular weight is 240 g/mol. The molecule has 1 saturated carbocycles. The third kappa shape index (κ3) is 2.99. The fourth-order valence-electron chi connectivity index (χ4n) is 1.83. The van der Waals surface area contributed by atoms with Crippen LogP contribution in [0.15, 0.2) is 23.8 Å². The molecule has 0 spiro atoms. The lowest BCUT2D eigenvalue weighted by molar-refractivity contribution is 0.726. The highest BCUT2D eigenvalue weighted by Gasteiger charge is 2.06. The Morgan fingerprint density at radius 3 is 2.47 bits per heavy atom. The fourth-order valence-corrected chi connectivity index (χ4v) is 2.29. The van der Waals surface area contributed by atoms with Crippen LogP contribution in [0.3, 0.4) is 0 Å². The van der Waals surface area contributed by atoms with Crippen molar-refractivity contribution in [3.8, 4) is 0 Å². The van der Waals surface area contributed by atoms with Crippen LogP contribution in [0.1, 0.15) is 31.2 Å². The normalized spacial score (nSPS) is 16.5. The van der Waals surface area contributed by atoms with Gasteiger partial charge in [-0.3, -0.25) is 0 Å². The molecule has 2 heteroatoms. The second-order valence-corrected chi connectivity index (χ2v) is 4.68. The van der Waals surface area contributed by atoms with Crippen molar-refractivity contribution in [1.82, 2.24) is 0 Å². The van der Waals surface area contributed by atoms with Gasteiger partial charge in [0.15, 0.2) is 0 Å². The average Bonchev–Trinajstić information content (AvgIpc) is 2.24. The van der Waals surface area contributed by atoms with Gasteiger partial charge in [0, 0.05) is 10.0 Å². The van der Waals surface area contributed by atoms with Crippen LogP contribution in [0.5, 0.6) is 0 Å². The molecule has 0 bridgehead atoms. The van der Waals surface area contributed by atoms with Crippen LogP contribution < -0.4 is 0 Å². The van der Waals surface area contributed by atoms with E-state index in [0.717, 1.165) is 10.6 Å². The van der Waals surface area contributed by atoms with Gasteiger partial charge >= 0.3 is 0 Å². The molecular weight excluding hydrogens is 227 g/mol. The van der Waals surface area contributed by atoms with Crippen molar-refractivity contribution in [3.05, 3.63) is 45.8 Å². The van der Waals surface area contributed by atoms with Crippen molar-refractivity contribution in [2.45, 2.75) is 25.7 Å². The Bertz CT molecular complexity index is 372. The van der Waals surface area contributed by atoms with Gasteiger partial charge < -0.3 is 0 Å². The number of hydrogen-bond donors (Lipinski definition) is 0. The van der Waals surface area contributed by atoms with Crippen LogP contribution in [0, 0.1) is 6.42 Å². The third-order valence-corrected chi connectivity index (χ3v) is 3.22. The molecule has 15 heavy (non-hydrogen) atoms. The Balaban J connectivity index is 2.22. The van der Waals surface area contributed by atoms with Crippen LogP contribution in [0.25, 0.3) is 6.08 Å². The molecule has 1 aliphatic rings. The Hall–Kier alpha value is -0.460. The summed E-state index contributed by atoms with van der Waals surface area (Å²) in [7, 11) is 0. The number of benzene rings is 1. The minimum Gasteiger partial charge on any atom is -0.0843 e. The van der Waals surface area contributed by atoms with E-state index in [9.17, 15) is 0 Å². The van der Waals surface area contributed by atoms with Gasteiger partial charge in [-0.2, -0.15) is 0 Å². The quantitative estimate of drug-likeness (QED) is 0.636. The lowest BCUT2D eigenvalue weighted by Crippen LogP contribution is -1.94. The molecule has 1 radical (unpaired) electrons. The molecule has 0 heterocycles. The van der Waals surface area contributed by atoms with E-state index in [2.05, 4.69) is 12.5 Å². The molecule has 1 aromatic rings. The number of rotatable bonds is 1. The van der Waals surface area contributed by atoms with Crippen LogP contribution in [-0.4, -0.2) is 0 Å². The van der Waals surface area contributed by atoms with Gasteiger partial charge in [-0.05, 0) is 49.8 Å². The Morgan fingerprint density at radius 1 is 1.07 bits per heavy atom. The van der Waals surface area contributed by atoms with Crippen LogP contribution in [0.2, 0.25) is 10.0 Å². The molecule has 1 aromatic carbocycles. The summed E-state index contributed by atoms with van der Waals surface area (Å²) in [6.07, 6.45) is 9.26. The van der Waals surface area contributed by atoms with E-state index in [1.165, 1.54) is 31.3 Å². The lowest BCUT2D eigenvalue weighted by atomic mass is 9.93. The van der Waals surface area contributed by atoms with E-state index in [-0.39, 0.29) is 0 Å². The molecule has 1 fully saturated rings. The molecular formula is C13H13Cl2. The summed E-state index contributed by atoms with van der Waals surface area (Å²) < 4.78 is 0. The summed E-state index contributed by atoms with van der Waals surface area (Å²) in [6, 6.07) is 5.66. The van der Waals surface area contributed by atoms with Crippen molar-refractivity contribution >= 4 is 29.3 Å². The van der Waals surface area contributed by atoms with Crippen LogP contribution in [-0.2, 0) is 0 Å². The van der Waals surface area contributed by atoms with Gasteiger partial charge in [-0.25, -0.2) is 0 Å². The fraction of sp³-hybridized carbons (Fsp3) is 0.308. The zero-order chi connectivity index (χ0) is 10.7. The van der Waals surface area contributed by atoms with E-state index in [4.69, 9.17) is 23.2 Å². The van der Waals surface area contributed by atoms with Crippen LogP contribution >= 0.6 is 23.2 Å². The molecule has 0 amide bonds. The first kappa shape index (κ1) is 11.0. The molecule has 2 rings (SSSR count). The molecule has 0 aliphatic heterocycles. The smallest absolute Gasteiger partial charge is 0.0493 e. The maximum atomic E-state index is 6.11. The first-order valence-corrected chi connectivity index (χ1v) is 5.97. The molecule has 0 unspecified atom stereocenters. The summed E-state index contributed by atoms with van der Waals surface area (Å²) >= 11 is 12.0. The summed E-state index contributed by atoms with van der Waals surface area (Å²) in [5.41, 5.74) is 2.57. The van der Waals surface area contributed by atoms with Crippen molar-refractivity contribution in [2.75, 3.05) is 0 Å². The van der Waals surface area contributed by atoms with E-state index in [1.54, 1.807) is 6.07 Å². The number of hydrogen-bond acceptors (Lipinski definition) is 0. The predicted molar refractivity (Wildman–Crippen MR) is 67.2 cm³/mol. The zero-order valence-electron chi connectivity index (χ0n) is 8.47. The summed E-state index contributed by atoms with van der Waals surface area (Å²) in [5, 5.41) is 1.43. The minimum atomic E-state index is 0.694. The van der Waals surface area contributed by atoms with E-state index < -0.39 is 0 Å². The predicted octanol–water partition coefficient (Wildman–Crippen LogP) is 5.16. The van der Waals surface area contributed by atoms with Gasteiger partial charge in [0.05, 0.1) is 0 Å². The Labute approximate surface area is 101 Å². The maximum Gasteiger partial charge on any atom is 0.0493 e. The van der Waals surface area contributed by atoms with E-state index in [1.807, 2.05) is 12.1 Å². The number of halogens is 2. The zero-order valence-corrected chi connectivity index (χ0v) is 9.98. The van der Waals surface area contributed by atoms with Gasteiger partial charge in [-0.15, -0.1) is 0 Å². The first-order valence-electron chi connectivity index (χ1n) is 5.22. The highest BCUT2D eigenvalue weighted by Crippen LogP contribution is 2.28. The number of allylic oxidation sites excluding steroid dienone is 1. The van der Waals surface area contributed by atoms with Crippen molar-refractivity contribution in [1.29, 1.82) is 0 Å². The molecule has 79 valence electrons. The van der Waals surface area contributed by atoms with Crippen molar-refractivity contribution in [2.24, 2.45) is 0 Å². The summed E-state index contributed by atoms with van der Waals surface area (Å²) in [4.78, 5) is 0. The maximum absolute atomic E-state index is 6.11. The molecule has 0 atom stereocenters. The Kier molecular flexibility index (Phi) is 3.71. The highest BCUT2D eigenvalue weighted by molar-refractivity contribution is 6.35. The van der Waals surface area contributed by atoms with E-state index >= 15 is 0 Å². The van der Waals surface area contributed by atoms with Crippen molar-refractivity contribution in [3.63, 3.8) is 0 Å². The van der Waals surface area contributed by atoms with Gasteiger partial charge in [-0.1, -0.05) is 40.9 Å². The van der Waals surface area contributed by atoms with Gasteiger partial charge in [0.25, 0.3) is 0 Å². The summed E-state index contributed by atoms with van der Waals surface area (Å²) in [6.45, 7) is 0. The first-order chi connectivity index (χ1) is 7.25. The van der Waals surface area contributed by atoms with Crippen LogP contribution in [0.4, 0.5) is 0 Å². The minimum absolute atomic E-state index is 0.694. The lowest BCUT2D eigenvalue weighted by Gasteiger charge is -2.13. The topological polar surface area (TPSA) is 0 Å². The second kappa shape index (κ2) is 5.05. The second-order valence-electron chi connectivity index (χ2n) is 3.83.